The molecule has 1 saturated carbocycles. The third-order valence-electron chi connectivity index (χ3n) is 3.86. The van der Waals surface area contributed by atoms with Gasteiger partial charge in [0.15, 0.2) is 0 Å². The lowest BCUT2D eigenvalue weighted by Crippen LogP contribution is -2.29. The smallest absolute Gasteiger partial charge is 0.0635 e. The van der Waals surface area contributed by atoms with E-state index in [0.29, 0.717) is 17.9 Å². The molecule has 1 fully saturated rings. The Morgan fingerprint density at radius 2 is 1.94 bits per heavy atom. The van der Waals surface area contributed by atoms with Crippen LogP contribution in [0.25, 0.3) is 0 Å². The average Bonchev–Trinajstić information content (AvgIpc) is 2.43. The summed E-state index contributed by atoms with van der Waals surface area (Å²) in [7, 11) is 0. The summed E-state index contributed by atoms with van der Waals surface area (Å²) < 4.78 is 0. The fourth-order valence-electron chi connectivity index (χ4n) is 2.70. The quantitative estimate of drug-likeness (QED) is 0.586. The molecule has 0 heterocycles. The Labute approximate surface area is 100 Å². The van der Waals surface area contributed by atoms with E-state index in [2.05, 4.69) is 32.2 Å². The summed E-state index contributed by atoms with van der Waals surface area (Å²) in [6.45, 7) is 7.95. The predicted octanol–water partition coefficient (Wildman–Crippen LogP) is 3.48. The summed E-state index contributed by atoms with van der Waals surface area (Å²) in [6, 6.07) is 2.85. The Morgan fingerprint density at radius 3 is 2.56 bits per heavy atom. The Bertz CT molecular complexity index is 234. The fourth-order valence-corrected chi connectivity index (χ4v) is 2.70. The van der Waals surface area contributed by atoms with Gasteiger partial charge in [0.05, 0.1) is 6.07 Å². The minimum absolute atomic E-state index is 0.460. The number of nitrogens with one attached hydrogen (secondary N) is 1. The number of hydrogen-bond acceptors (Lipinski definition) is 2. The van der Waals surface area contributed by atoms with Crippen molar-refractivity contribution in [1.82, 2.24) is 5.32 Å². The summed E-state index contributed by atoms with van der Waals surface area (Å²) >= 11 is 0. The van der Waals surface area contributed by atoms with E-state index in [0.717, 1.165) is 12.5 Å². The first-order valence-electron chi connectivity index (χ1n) is 6.64. The molecule has 0 spiro atoms. The molecule has 0 radical (unpaired) electrons. The van der Waals surface area contributed by atoms with Gasteiger partial charge in [0.2, 0.25) is 0 Å². The van der Waals surface area contributed by atoms with Crippen LogP contribution in [0.15, 0.2) is 0 Å². The van der Waals surface area contributed by atoms with E-state index in [-0.39, 0.29) is 0 Å². The predicted molar refractivity (Wildman–Crippen MR) is 68.1 cm³/mol. The second-order valence-corrected chi connectivity index (χ2v) is 6.13. The molecular formula is C14H26N2. The second-order valence-electron chi connectivity index (χ2n) is 6.13. The Morgan fingerprint density at radius 1 is 1.19 bits per heavy atom. The normalized spacial score (nSPS) is 27.1. The van der Waals surface area contributed by atoms with Crippen LogP contribution in [-0.2, 0) is 0 Å². The fraction of sp³-hybridized carbons (Fsp3) is 0.929. The highest BCUT2D eigenvalue weighted by Crippen LogP contribution is 2.36. The molecule has 0 saturated heterocycles. The van der Waals surface area contributed by atoms with E-state index in [4.69, 9.17) is 5.26 Å². The molecular weight excluding hydrogens is 196 g/mol. The largest absolute Gasteiger partial charge is 0.313 e. The molecule has 1 N–H and O–H groups in total. The lowest BCUT2D eigenvalue weighted by molar-refractivity contribution is 0.213. The maximum Gasteiger partial charge on any atom is 0.0635 e. The summed E-state index contributed by atoms with van der Waals surface area (Å²) in [5, 5.41) is 12.0. The molecule has 1 rings (SSSR count). The Kier molecular flexibility index (Phi) is 5.28. The molecule has 0 aromatic rings. The molecule has 0 aromatic carbocycles. The minimum Gasteiger partial charge on any atom is -0.313 e. The zero-order chi connectivity index (χ0) is 12.0. The third kappa shape index (κ3) is 4.53. The van der Waals surface area contributed by atoms with Crippen molar-refractivity contribution >= 4 is 0 Å². The average molecular weight is 222 g/mol. The molecule has 2 atom stereocenters. The zero-order valence-electron chi connectivity index (χ0n) is 11.1. The van der Waals surface area contributed by atoms with E-state index in [1.165, 1.54) is 32.1 Å². The van der Waals surface area contributed by atoms with Crippen LogP contribution < -0.4 is 5.32 Å². The van der Waals surface area contributed by atoms with Gasteiger partial charge in [-0.3, -0.25) is 0 Å². The third-order valence-corrected chi connectivity index (χ3v) is 3.86. The van der Waals surface area contributed by atoms with Crippen LogP contribution >= 0.6 is 0 Å². The lowest BCUT2D eigenvalue weighted by Gasteiger charge is -2.29. The van der Waals surface area contributed by atoms with Gasteiger partial charge in [-0.2, -0.15) is 5.26 Å². The molecule has 0 amide bonds. The number of nitriles is 1. The van der Waals surface area contributed by atoms with E-state index < -0.39 is 0 Å². The van der Waals surface area contributed by atoms with Gasteiger partial charge in [-0.05, 0) is 37.0 Å². The van der Waals surface area contributed by atoms with Crippen LogP contribution in [0.2, 0.25) is 0 Å². The van der Waals surface area contributed by atoms with Gasteiger partial charge in [0.1, 0.15) is 0 Å². The first-order chi connectivity index (χ1) is 7.54. The van der Waals surface area contributed by atoms with Crippen LogP contribution in [0.3, 0.4) is 0 Å². The van der Waals surface area contributed by atoms with Crippen molar-refractivity contribution < 1.29 is 0 Å². The van der Waals surface area contributed by atoms with E-state index in [9.17, 15) is 0 Å². The first kappa shape index (κ1) is 13.5. The standard InChI is InChI=1S/C14H26N2/c1-14(2,3)12-6-4-7-13(9-8-12)16-11-5-10-15/h12-13,16H,4-9,11H2,1-3H3. The molecule has 1 aliphatic carbocycles. The van der Waals surface area contributed by atoms with Crippen molar-refractivity contribution in [2.45, 2.75) is 65.3 Å². The maximum atomic E-state index is 8.51. The van der Waals surface area contributed by atoms with Gasteiger partial charge in [-0.1, -0.05) is 27.2 Å². The minimum atomic E-state index is 0.460. The van der Waals surface area contributed by atoms with Crippen LogP contribution in [0.4, 0.5) is 0 Å². The molecule has 0 bridgehead atoms. The molecule has 0 aliphatic heterocycles. The van der Waals surface area contributed by atoms with Gasteiger partial charge in [0.25, 0.3) is 0 Å². The SMILES string of the molecule is CC(C)(C)C1CCCC(NCCC#N)CC1. The highest BCUT2D eigenvalue weighted by Gasteiger charge is 2.27. The lowest BCUT2D eigenvalue weighted by atomic mass is 9.76. The van der Waals surface area contributed by atoms with Gasteiger partial charge in [-0.15, -0.1) is 0 Å². The Balaban J connectivity index is 2.32. The summed E-state index contributed by atoms with van der Waals surface area (Å²) in [6.07, 6.45) is 7.27. The molecule has 92 valence electrons. The molecule has 2 nitrogen and oxygen atoms in total. The monoisotopic (exact) mass is 222 g/mol. The van der Waals surface area contributed by atoms with Crippen LogP contribution in [0.1, 0.15) is 59.3 Å². The van der Waals surface area contributed by atoms with Crippen LogP contribution in [0, 0.1) is 22.7 Å². The maximum absolute atomic E-state index is 8.51. The van der Waals surface area contributed by atoms with E-state index >= 15 is 0 Å². The van der Waals surface area contributed by atoms with Crippen LogP contribution in [0.5, 0.6) is 0 Å². The van der Waals surface area contributed by atoms with E-state index in [1.807, 2.05) is 0 Å². The highest BCUT2D eigenvalue weighted by molar-refractivity contribution is 4.82. The van der Waals surface area contributed by atoms with Gasteiger partial charge in [0, 0.05) is 19.0 Å². The summed E-state index contributed by atoms with van der Waals surface area (Å²) in [5.41, 5.74) is 0.460. The van der Waals surface area contributed by atoms with Gasteiger partial charge >= 0.3 is 0 Å². The second kappa shape index (κ2) is 6.25. The van der Waals surface area contributed by atoms with Crippen molar-refractivity contribution in [3.63, 3.8) is 0 Å². The Hall–Kier alpha value is -0.550. The first-order valence-corrected chi connectivity index (χ1v) is 6.64. The molecule has 1 aliphatic rings. The molecule has 2 unspecified atom stereocenters. The van der Waals surface area contributed by atoms with Crippen molar-refractivity contribution in [2.75, 3.05) is 6.54 Å². The van der Waals surface area contributed by atoms with Crippen molar-refractivity contribution in [1.29, 1.82) is 5.26 Å². The topological polar surface area (TPSA) is 35.8 Å². The van der Waals surface area contributed by atoms with Crippen molar-refractivity contribution in [3.8, 4) is 6.07 Å². The number of nitrogens with zero attached hydrogens (tertiary/aromatic N) is 1. The van der Waals surface area contributed by atoms with Gasteiger partial charge in [-0.25, -0.2) is 0 Å². The molecule has 0 aromatic heterocycles. The molecule has 16 heavy (non-hydrogen) atoms. The molecule has 2 heteroatoms. The zero-order valence-corrected chi connectivity index (χ0v) is 11.1. The van der Waals surface area contributed by atoms with Gasteiger partial charge < -0.3 is 5.32 Å². The van der Waals surface area contributed by atoms with Crippen molar-refractivity contribution in [3.05, 3.63) is 0 Å². The number of hydrogen-bond donors (Lipinski definition) is 1. The summed E-state index contributed by atoms with van der Waals surface area (Å²) in [4.78, 5) is 0. The van der Waals surface area contributed by atoms with Crippen LogP contribution in [-0.4, -0.2) is 12.6 Å². The number of rotatable bonds is 3. The van der Waals surface area contributed by atoms with E-state index in [1.54, 1.807) is 0 Å². The highest BCUT2D eigenvalue weighted by atomic mass is 14.9. The summed E-state index contributed by atoms with van der Waals surface area (Å²) in [5.74, 6) is 0.871. The van der Waals surface area contributed by atoms with Crippen molar-refractivity contribution in [2.24, 2.45) is 11.3 Å².